The summed E-state index contributed by atoms with van der Waals surface area (Å²) in [7, 11) is 2.15. The summed E-state index contributed by atoms with van der Waals surface area (Å²) in [6, 6.07) is 20.3. The number of amides is 1. The zero-order valence-electron chi connectivity index (χ0n) is 27.8. The summed E-state index contributed by atoms with van der Waals surface area (Å²) in [6.45, 7) is 4.49. The van der Waals surface area contributed by atoms with Crippen LogP contribution in [0.4, 0.5) is 13.2 Å². The molecule has 1 aromatic heterocycles. The number of carboxylic acid groups (broad SMARTS) is 1. The Morgan fingerprint density at radius 1 is 1.00 bits per heavy atom. The minimum absolute atomic E-state index is 0.0389. The lowest BCUT2D eigenvalue weighted by Gasteiger charge is -2.42. The molecule has 2 saturated heterocycles. The van der Waals surface area contributed by atoms with Gasteiger partial charge in [0.05, 0.1) is 30.8 Å². The van der Waals surface area contributed by atoms with Gasteiger partial charge in [-0.3, -0.25) is 4.79 Å². The van der Waals surface area contributed by atoms with Gasteiger partial charge < -0.3 is 34.6 Å². The number of carbonyl (C=O) groups excluding carboxylic acids is 1. The van der Waals surface area contributed by atoms with Crippen LogP contribution in [0.1, 0.15) is 60.6 Å². The van der Waals surface area contributed by atoms with Gasteiger partial charge in [-0.15, -0.1) is 0 Å². The zero-order chi connectivity index (χ0) is 35.0. The van der Waals surface area contributed by atoms with Crippen molar-refractivity contribution in [2.75, 3.05) is 46.4 Å². The molecule has 1 saturated carbocycles. The molecule has 266 valence electrons. The molecule has 0 unspecified atom stereocenters. The van der Waals surface area contributed by atoms with Gasteiger partial charge >= 0.3 is 12.1 Å². The molecule has 3 aliphatic rings. The number of likely N-dealkylation sites (tertiary alicyclic amines) is 1. The van der Waals surface area contributed by atoms with Gasteiger partial charge in [0.15, 0.2) is 5.69 Å². The fourth-order valence-corrected chi connectivity index (χ4v) is 7.05. The molecule has 3 fully saturated rings. The smallest absolute Gasteiger partial charge is 0.475 e. The lowest BCUT2D eigenvalue weighted by Crippen LogP contribution is -2.54. The third-order valence-corrected chi connectivity index (χ3v) is 9.74. The predicted molar refractivity (Wildman–Crippen MR) is 178 cm³/mol. The predicted octanol–water partition coefficient (Wildman–Crippen LogP) is 4.80. The summed E-state index contributed by atoms with van der Waals surface area (Å²) < 4.78 is 40.2. The highest BCUT2D eigenvalue weighted by molar-refractivity contribution is 5.98. The van der Waals surface area contributed by atoms with Crippen molar-refractivity contribution in [1.29, 1.82) is 0 Å². The molecule has 1 aliphatic carbocycles. The van der Waals surface area contributed by atoms with E-state index < -0.39 is 17.7 Å². The van der Waals surface area contributed by atoms with Crippen LogP contribution in [-0.2, 0) is 16.0 Å². The summed E-state index contributed by atoms with van der Waals surface area (Å²) in [5.74, 6) is -2.80. The number of aliphatic carboxylic acids is 1. The van der Waals surface area contributed by atoms with Crippen molar-refractivity contribution in [2.45, 2.75) is 74.9 Å². The Kier molecular flexibility index (Phi) is 12.1. The maximum atomic E-state index is 14.3. The molecule has 2 aromatic carbocycles. The quantitative estimate of drug-likeness (QED) is 0.310. The maximum Gasteiger partial charge on any atom is 0.490 e. The monoisotopic (exact) mass is 685 g/mol. The fourth-order valence-electron chi connectivity index (χ4n) is 7.05. The van der Waals surface area contributed by atoms with Gasteiger partial charge in [0, 0.05) is 44.3 Å². The summed E-state index contributed by atoms with van der Waals surface area (Å²) in [5.41, 5.74) is 2.40. The van der Waals surface area contributed by atoms with Crippen molar-refractivity contribution in [1.82, 2.24) is 24.7 Å². The van der Waals surface area contributed by atoms with Gasteiger partial charge in [0.25, 0.3) is 5.91 Å². The van der Waals surface area contributed by atoms with E-state index in [1.54, 1.807) is 6.33 Å². The number of halogens is 3. The molecule has 0 bridgehead atoms. The standard InChI is InChI=1S/C34H45N5O3.C2HF3O2/c1-37-19-15-29(16-20-37)42-24-34(41)17-9-8-14-30(34)39-25-36-31(32(39)27-12-6-3-7-13-27)33(40)38-21-18-35-23-28(38)22-26-10-4-2-5-11-26;3-2(4,5)1(6)7/h2-7,10-13,25,28-30,35,41H,8-9,14-24H2,1H3;(H,6,7)/t28-,30+,34+;/m1./s1. The van der Waals surface area contributed by atoms with E-state index in [4.69, 9.17) is 19.6 Å². The molecule has 2 aliphatic heterocycles. The number of ether oxygens (including phenoxy) is 1. The number of benzene rings is 2. The fraction of sp³-hybridized carbons (Fsp3) is 0.528. The first-order valence-electron chi connectivity index (χ1n) is 17.0. The van der Waals surface area contributed by atoms with Crippen molar-refractivity contribution < 1.29 is 37.7 Å². The number of aromatic nitrogens is 2. The molecule has 3 N–H and O–H groups in total. The Balaban J connectivity index is 0.000000606. The molecule has 3 atom stereocenters. The van der Waals surface area contributed by atoms with Crippen LogP contribution >= 0.6 is 0 Å². The number of carbonyl (C=O) groups is 2. The number of alkyl halides is 3. The average Bonchev–Trinajstić information content (AvgIpc) is 3.54. The van der Waals surface area contributed by atoms with Gasteiger partial charge in [0.1, 0.15) is 5.60 Å². The van der Waals surface area contributed by atoms with E-state index in [9.17, 15) is 23.1 Å². The molecule has 0 radical (unpaired) electrons. The lowest BCUT2D eigenvalue weighted by molar-refractivity contribution is -0.192. The Morgan fingerprint density at radius 3 is 2.31 bits per heavy atom. The lowest BCUT2D eigenvalue weighted by atomic mass is 9.80. The Morgan fingerprint density at radius 2 is 1.65 bits per heavy atom. The minimum atomic E-state index is -5.08. The number of rotatable bonds is 8. The van der Waals surface area contributed by atoms with Gasteiger partial charge in [-0.25, -0.2) is 9.78 Å². The number of hydrogen-bond donors (Lipinski definition) is 3. The first kappa shape index (κ1) is 36.5. The number of piperazine rings is 1. The number of hydrogen-bond acceptors (Lipinski definition) is 7. The van der Waals surface area contributed by atoms with E-state index in [0.717, 1.165) is 76.0 Å². The first-order valence-corrected chi connectivity index (χ1v) is 17.0. The molecule has 49 heavy (non-hydrogen) atoms. The van der Waals surface area contributed by atoms with Crippen molar-refractivity contribution >= 4 is 11.9 Å². The minimum Gasteiger partial charge on any atom is -0.475 e. The molecule has 3 aromatic rings. The molecular weight excluding hydrogens is 639 g/mol. The number of nitrogens with one attached hydrogen (secondary N) is 1. The molecule has 10 nitrogen and oxygen atoms in total. The molecule has 0 spiro atoms. The van der Waals surface area contributed by atoms with Gasteiger partial charge in [-0.2, -0.15) is 13.2 Å². The molecular formula is C36H46F3N5O5. The van der Waals surface area contributed by atoms with Crippen molar-refractivity contribution in [3.63, 3.8) is 0 Å². The van der Waals surface area contributed by atoms with Crippen LogP contribution in [-0.4, -0.2) is 112 Å². The zero-order valence-corrected chi connectivity index (χ0v) is 27.8. The largest absolute Gasteiger partial charge is 0.490 e. The van der Waals surface area contributed by atoms with Crippen LogP contribution in [0, 0.1) is 0 Å². The van der Waals surface area contributed by atoms with Crippen LogP contribution in [0.5, 0.6) is 0 Å². The summed E-state index contributed by atoms with van der Waals surface area (Å²) in [4.78, 5) is 32.4. The van der Waals surface area contributed by atoms with Gasteiger partial charge in [-0.1, -0.05) is 73.5 Å². The second-order valence-electron chi connectivity index (χ2n) is 13.2. The second-order valence-corrected chi connectivity index (χ2v) is 13.2. The van der Waals surface area contributed by atoms with Crippen LogP contribution in [0.25, 0.3) is 11.3 Å². The molecule has 6 rings (SSSR count). The Labute approximate surface area is 284 Å². The molecule has 1 amide bonds. The van der Waals surface area contributed by atoms with Crippen LogP contribution in [0.3, 0.4) is 0 Å². The first-order chi connectivity index (χ1) is 23.5. The number of piperidine rings is 1. The van der Waals surface area contributed by atoms with E-state index >= 15 is 0 Å². The van der Waals surface area contributed by atoms with Gasteiger partial charge in [0.2, 0.25) is 0 Å². The van der Waals surface area contributed by atoms with Crippen LogP contribution < -0.4 is 5.32 Å². The number of carboxylic acids is 1. The number of aliphatic hydroxyl groups is 1. The SMILES string of the molecule is CN1CCC(OC[C@@]2(O)CCCC[C@@H]2n2cnc(C(=O)N3CCNC[C@H]3Cc3ccccc3)c2-c2ccccc2)CC1.O=C(O)C(F)(F)F. The third kappa shape index (κ3) is 9.27. The van der Waals surface area contributed by atoms with Crippen molar-refractivity contribution in [3.05, 3.63) is 78.2 Å². The average molecular weight is 686 g/mol. The number of imidazole rings is 1. The van der Waals surface area contributed by atoms with E-state index in [1.807, 2.05) is 41.3 Å². The Bertz CT molecular complexity index is 1510. The van der Waals surface area contributed by atoms with Crippen molar-refractivity contribution in [3.8, 4) is 11.3 Å². The van der Waals surface area contributed by atoms with Crippen molar-refractivity contribution in [2.24, 2.45) is 0 Å². The second kappa shape index (κ2) is 16.3. The summed E-state index contributed by atoms with van der Waals surface area (Å²) >= 11 is 0. The highest BCUT2D eigenvalue weighted by atomic mass is 19.4. The molecule has 3 heterocycles. The topological polar surface area (TPSA) is 120 Å². The molecule has 13 heteroatoms. The Hall–Kier alpha value is -3.78. The number of nitrogens with zero attached hydrogens (tertiary/aromatic N) is 4. The third-order valence-electron chi connectivity index (χ3n) is 9.74. The van der Waals surface area contributed by atoms with E-state index in [2.05, 4.69) is 46.1 Å². The normalized spacial score (nSPS) is 23.8. The van der Waals surface area contributed by atoms with Gasteiger partial charge in [-0.05, 0) is 44.7 Å². The van der Waals surface area contributed by atoms with E-state index in [-0.39, 0.29) is 24.1 Å². The van der Waals surface area contributed by atoms with Crippen LogP contribution in [0.2, 0.25) is 0 Å². The maximum absolute atomic E-state index is 14.3. The van der Waals surface area contributed by atoms with Crippen LogP contribution in [0.15, 0.2) is 67.0 Å². The summed E-state index contributed by atoms with van der Waals surface area (Å²) in [5, 5.41) is 22.8. The highest BCUT2D eigenvalue weighted by Gasteiger charge is 2.43. The van der Waals surface area contributed by atoms with E-state index in [0.29, 0.717) is 25.3 Å². The highest BCUT2D eigenvalue weighted by Crippen LogP contribution is 2.41. The van der Waals surface area contributed by atoms with E-state index in [1.165, 1.54) is 5.56 Å². The summed E-state index contributed by atoms with van der Waals surface area (Å²) in [6.07, 6.45) is 3.14.